The van der Waals surface area contributed by atoms with Crippen molar-refractivity contribution in [3.63, 3.8) is 0 Å². The molecule has 3 rings (SSSR count). The molecule has 3 aromatic rings. The van der Waals surface area contributed by atoms with Gasteiger partial charge in [0.2, 0.25) is 0 Å². The highest BCUT2D eigenvalue weighted by atomic mass is 32.1. The lowest BCUT2D eigenvalue weighted by molar-refractivity contribution is 0.0993. The maximum Gasteiger partial charge on any atom is 0.167 e. The third-order valence-electron chi connectivity index (χ3n) is 3.41. The van der Waals surface area contributed by atoms with Gasteiger partial charge < -0.3 is 0 Å². The Morgan fingerprint density at radius 1 is 1.20 bits per heavy atom. The third kappa shape index (κ3) is 2.37. The molecule has 0 fully saturated rings. The van der Waals surface area contributed by atoms with Gasteiger partial charge in [-0.3, -0.25) is 4.79 Å². The van der Waals surface area contributed by atoms with Crippen LogP contribution in [0.25, 0.3) is 10.1 Å². The maximum absolute atomic E-state index is 13.5. The van der Waals surface area contributed by atoms with Crippen LogP contribution in [-0.2, 0) is 6.42 Å². The molecule has 2 aromatic carbocycles. The van der Waals surface area contributed by atoms with Crippen molar-refractivity contribution in [3.8, 4) is 0 Å². The lowest BCUT2D eigenvalue weighted by atomic mass is 10.0. The molecule has 0 radical (unpaired) electrons. The molecule has 1 heterocycles. The van der Waals surface area contributed by atoms with Gasteiger partial charge in [0.05, 0.1) is 0 Å². The summed E-state index contributed by atoms with van der Waals surface area (Å²) >= 11 is 1.63. The third-order valence-corrected chi connectivity index (χ3v) is 4.42. The van der Waals surface area contributed by atoms with Gasteiger partial charge in [-0.25, -0.2) is 4.39 Å². The number of hydrogen-bond acceptors (Lipinski definition) is 2. The first kappa shape index (κ1) is 13.0. The Morgan fingerprint density at radius 3 is 2.80 bits per heavy atom. The van der Waals surface area contributed by atoms with Crippen LogP contribution in [0.4, 0.5) is 4.39 Å². The van der Waals surface area contributed by atoms with Crippen molar-refractivity contribution in [2.45, 2.75) is 13.3 Å². The average Bonchev–Trinajstić information content (AvgIpc) is 2.85. The van der Waals surface area contributed by atoms with Crippen LogP contribution in [-0.4, -0.2) is 5.78 Å². The number of fused-ring (bicyclic) bond motifs is 1. The second-order valence-electron chi connectivity index (χ2n) is 4.82. The van der Waals surface area contributed by atoms with Crippen molar-refractivity contribution >= 4 is 27.2 Å². The number of carbonyl (C=O) groups excluding carboxylic acids is 1. The molecule has 0 unspecified atom stereocenters. The van der Waals surface area contributed by atoms with Crippen LogP contribution in [0.5, 0.6) is 0 Å². The second kappa shape index (κ2) is 5.17. The van der Waals surface area contributed by atoms with Crippen LogP contribution < -0.4 is 0 Å². The largest absolute Gasteiger partial charge is 0.294 e. The van der Waals surface area contributed by atoms with Crippen molar-refractivity contribution in [3.05, 3.63) is 70.4 Å². The van der Waals surface area contributed by atoms with Crippen LogP contribution in [0.3, 0.4) is 0 Å². The van der Waals surface area contributed by atoms with Crippen LogP contribution in [0.1, 0.15) is 21.5 Å². The van der Waals surface area contributed by atoms with E-state index in [1.54, 1.807) is 30.4 Å². The number of benzene rings is 2. The molecular formula is C17H13FOS. The lowest BCUT2D eigenvalue weighted by Crippen LogP contribution is -2.04. The molecule has 0 saturated heterocycles. The number of carbonyl (C=O) groups is 1. The van der Waals surface area contributed by atoms with E-state index in [0.717, 1.165) is 10.9 Å². The summed E-state index contributed by atoms with van der Waals surface area (Å²) in [5, 5.41) is 3.12. The molecule has 0 aliphatic heterocycles. The minimum atomic E-state index is -0.328. The van der Waals surface area contributed by atoms with Gasteiger partial charge in [0, 0.05) is 16.7 Å². The van der Waals surface area contributed by atoms with Crippen molar-refractivity contribution in [1.82, 2.24) is 0 Å². The number of halogens is 1. The summed E-state index contributed by atoms with van der Waals surface area (Å²) < 4.78 is 14.7. The number of thiophene rings is 1. The van der Waals surface area contributed by atoms with Gasteiger partial charge in [-0.15, -0.1) is 11.3 Å². The summed E-state index contributed by atoms with van der Waals surface area (Å²) in [6.45, 7) is 1.69. The fourth-order valence-electron chi connectivity index (χ4n) is 2.21. The van der Waals surface area contributed by atoms with E-state index in [1.807, 2.05) is 29.6 Å². The smallest absolute Gasteiger partial charge is 0.167 e. The lowest BCUT2D eigenvalue weighted by Gasteiger charge is -2.03. The number of ketones is 1. The van der Waals surface area contributed by atoms with Crippen molar-refractivity contribution in [2.75, 3.05) is 0 Å². The predicted octanol–water partition coefficient (Wildman–Crippen LogP) is 4.77. The first-order valence-corrected chi connectivity index (χ1v) is 7.27. The number of hydrogen-bond donors (Lipinski definition) is 0. The van der Waals surface area contributed by atoms with E-state index in [0.29, 0.717) is 17.5 Å². The Hall–Kier alpha value is -2.00. The number of aryl methyl sites for hydroxylation is 1. The summed E-state index contributed by atoms with van der Waals surface area (Å²) in [6.07, 6.45) is 0.312. The molecule has 1 nitrogen and oxygen atoms in total. The SMILES string of the molecule is Cc1ccc(C(=O)Cc2csc3ccccc23)cc1F. The van der Waals surface area contributed by atoms with E-state index in [1.165, 1.54) is 10.8 Å². The fraction of sp³-hybridized carbons (Fsp3) is 0.118. The summed E-state index contributed by atoms with van der Waals surface area (Å²) in [7, 11) is 0. The van der Waals surface area contributed by atoms with Crippen LogP contribution in [0.15, 0.2) is 47.8 Å². The molecule has 0 N–H and O–H groups in total. The molecule has 0 atom stereocenters. The Kier molecular flexibility index (Phi) is 3.36. The zero-order valence-corrected chi connectivity index (χ0v) is 11.8. The molecule has 0 aliphatic rings. The molecule has 3 heteroatoms. The van der Waals surface area contributed by atoms with Crippen LogP contribution >= 0.6 is 11.3 Å². The van der Waals surface area contributed by atoms with E-state index >= 15 is 0 Å². The Bertz CT molecular complexity index is 789. The molecule has 20 heavy (non-hydrogen) atoms. The Balaban J connectivity index is 1.90. The van der Waals surface area contributed by atoms with Gasteiger partial charge in [-0.2, -0.15) is 0 Å². The first-order chi connectivity index (χ1) is 9.65. The van der Waals surface area contributed by atoms with Gasteiger partial charge >= 0.3 is 0 Å². The van der Waals surface area contributed by atoms with E-state index < -0.39 is 0 Å². The summed E-state index contributed by atoms with van der Waals surface area (Å²) in [5.41, 5.74) is 2.00. The topological polar surface area (TPSA) is 17.1 Å². The van der Waals surface area contributed by atoms with Gasteiger partial charge in [0.15, 0.2) is 5.78 Å². The first-order valence-electron chi connectivity index (χ1n) is 6.39. The van der Waals surface area contributed by atoms with E-state index in [-0.39, 0.29) is 11.6 Å². The zero-order chi connectivity index (χ0) is 14.1. The molecule has 0 aliphatic carbocycles. The van der Waals surface area contributed by atoms with Gasteiger partial charge in [0.25, 0.3) is 0 Å². The van der Waals surface area contributed by atoms with Gasteiger partial charge in [-0.1, -0.05) is 30.3 Å². The van der Waals surface area contributed by atoms with Crippen molar-refractivity contribution in [1.29, 1.82) is 0 Å². The standard InChI is InChI=1S/C17H13FOS/c1-11-6-7-12(8-15(11)18)16(19)9-13-10-20-17-5-3-2-4-14(13)17/h2-8,10H,9H2,1H3. The normalized spacial score (nSPS) is 10.9. The molecule has 0 amide bonds. The molecule has 0 spiro atoms. The molecule has 0 saturated carbocycles. The Morgan fingerprint density at radius 2 is 2.00 bits per heavy atom. The predicted molar refractivity (Wildman–Crippen MR) is 81.0 cm³/mol. The highest BCUT2D eigenvalue weighted by Gasteiger charge is 2.12. The number of rotatable bonds is 3. The van der Waals surface area contributed by atoms with E-state index in [4.69, 9.17) is 0 Å². The monoisotopic (exact) mass is 284 g/mol. The maximum atomic E-state index is 13.5. The summed E-state index contributed by atoms with van der Waals surface area (Å²) in [6, 6.07) is 12.7. The van der Waals surface area contributed by atoms with Crippen LogP contribution in [0, 0.1) is 12.7 Å². The quantitative estimate of drug-likeness (QED) is 0.633. The van der Waals surface area contributed by atoms with Gasteiger partial charge in [-0.05, 0) is 40.9 Å². The van der Waals surface area contributed by atoms with Crippen molar-refractivity contribution in [2.24, 2.45) is 0 Å². The zero-order valence-electron chi connectivity index (χ0n) is 11.0. The summed E-state index contributed by atoms with van der Waals surface area (Å²) in [4.78, 5) is 12.3. The molecule has 1 aromatic heterocycles. The molecule has 100 valence electrons. The van der Waals surface area contributed by atoms with E-state index in [9.17, 15) is 9.18 Å². The van der Waals surface area contributed by atoms with E-state index in [2.05, 4.69) is 0 Å². The molecular weight excluding hydrogens is 271 g/mol. The Labute approximate surface area is 120 Å². The second-order valence-corrected chi connectivity index (χ2v) is 5.73. The highest BCUT2D eigenvalue weighted by Crippen LogP contribution is 2.26. The van der Waals surface area contributed by atoms with Gasteiger partial charge in [0.1, 0.15) is 5.82 Å². The number of Topliss-reactive ketones (excluding diaryl/α,β-unsaturated/α-hetero) is 1. The van der Waals surface area contributed by atoms with Crippen molar-refractivity contribution < 1.29 is 9.18 Å². The van der Waals surface area contributed by atoms with Crippen LogP contribution in [0.2, 0.25) is 0 Å². The summed E-state index contributed by atoms with van der Waals surface area (Å²) in [5.74, 6) is -0.376. The minimum Gasteiger partial charge on any atom is -0.294 e. The fourth-order valence-corrected chi connectivity index (χ4v) is 3.17. The minimum absolute atomic E-state index is 0.0487. The average molecular weight is 284 g/mol. The highest BCUT2D eigenvalue weighted by molar-refractivity contribution is 7.17. The molecule has 0 bridgehead atoms.